The van der Waals surface area contributed by atoms with E-state index < -0.39 is 0 Å². The van der Waals surface area contributed by atoms with Crippen molar-refractivity contribution in [1.29, 1.82) is 0 Å². The van der Waals surface area contributed by atoms with Gasteiger partial charge >= 0.3 is 0 Å². The second-order valence-electron chi connectivity index (χ2n) is 3.68. The van der Waals surface area contributed by atoms with E-state index in [2.05, 4.69) is 43.8 Å². The number of benzene rings is 2. The van der Waals surface area contributed by atoms with Crippen molar-refractivity contribution in [3.63, 3.8) is 0 Å². The molecule has 0 bridgehead atoms. The summed E-state index contributed by atoms with van der Waals surface area (Å²) >= 11 is 17.3. The van der Waals surface area contributed by atoms with Gasteiger partial charge in [0.2, 0.25) is 0 Å². The smallest absolute Gasteiger partial charge is 0.256 e. The first-order valence-corrected chi connectivity index (χ1v) is 7.82. The number of amides is 1. The van der Waals surface area contributed by atoms with E-state index in [1.807, 2.05) is 0 Å². The van der Waals surface area contributed by atoms with Gasteiger partial charge in [0.15, 0.2) is 0 Å². The molecule has 0 unspecified atom stereocenters. The number of carbonyl (C=O) groups is 1. The van der Waals surface area contributed by atoms with Crippen LogP contribution in [0.1, 0.15) is 10.4 Å². The Morgan fingerprint density at radius 1 is 1.21 bits per heavy atom. The summed E-state index contributed by atoms with van der Waals surface area (Å²) in [6.07, 6.45) is 0. The van der Waals surface area contributed by atoms with Crippen LogP contribution in [-0.4, -0.2) is 5.91 Å². The summed E-state index contributed by atoms with van der Waals surface area (Å²) in [4.78, 5) is 12.2. The van der Waals surface area contributed by atoms with Gasteiger partial charge in [-0.2, -0.15) is 0 Å². The van der Waals surface area contributed by atoms with Gasteiger partial charge in [-0.15, -0.1) is 0 Å². The van der Waals surface area contributed by atoms with Gasteiger partial charge in [-0.25, -0.2) is 0 Å². The molecule has 0 aliphatic rings. The van der Waals surface area contributed by atoms with Gasteiger partial charge in [-0.3, -0.25) is 4.79 Å². The molecule has 6 heteroatoms. The Bertz CT molecular complexity index is 649. The molecule has 0 aliphatic carbocycles. The molecule has 19 heavy (non-hydrogen) atoms. The van der Waals surface area contributed by atoms with Crippen molar-refractivity contribution in [3.8, 4) is 0 Å². The normalized spacial score (nSPS) is 10.3. The molecular weight excluding hydrogens is 464 g/mol. The van der Waals surface area contributed by atoms with Gasteiger partial charge in [-0.05, 0) is 68.9 Å². The highest BCUT2D eigenvalue weighted by Gasteiger charge is 2.13. The highest BCUT2D eigenvalue weighted by Crippen LogP contribution is 2.30. The van der Waals surface area contributed by atoms with Crippen molar-refractivity contribution in [2.75, 3.05) is 5.32 Å². The van der Waals surface area contributed by atoms with E-state index in [9.17, 15) is 4.79 Å². The molecule has 0 fully saturated rings. The van der Waals surface area contributed by atoms with Gasteiger partial charge in [0.05, 0.1) is 20.7 Å². The van der Waals surface area contributed by atoms with Gasteiger partial charge in [0.25, 0.3) is 5.91 Å². The number of halogens is 4. The van der Waals surface area contributed by atoms with Crippen LogP contribution in [-0.2, 0) is 0 Å². The number of hydrogen-bond acceptors (Lipinski definition) is 1. The Hall–Kier alpha value is -0.300. The van der Waals surface area contributed by atoms with Crippen LogP contribution in [0.4, 0.5) is 5.69 Å². The minimum Gasteiger partial charge on any atom is -0.321 e. The fourth-order valence-corrected chi connectivity index (χ4v) is 2.75. The molecule has 0 saturated carbocycles. The molecule has 2 nitrogen and oxygen atoms in total. The summed E-state index contributed by atoms with van der Waals surface area (Å²) in [5, 5.41) is 3.87. The van der Waals surface area contributed by atoms with Crippen LogP contribution >= 0.6 is 61.7 Å². The quantitative estimate of drug-likeness (QED) is 0.568. The van der Waals surface area contributed by atoms with E-state index in [1.165, 1.54) is 0 Å². The van der Waals surface area contributed by atoms with E-state index >= 15 is 0 Å². The average molecular weight is 471 g/mol. The van der Waals surface area contributed by atoms with E-state index in [1.54, 1.807) is 36.4 Å². The van der Waals surface area contributed by atoms with Gasteiger partial charge in [-0.1, -0.05) is 29.3 Å². The molecular formula is C13H7BrCl2INO. The molecule has 0 aromatic heterocycles. The molecule has 0 spiro atoms. The summed E-state index contributed by atoms with van der Waals surface area (Å²) in [5.74, 6) is -0.227. The summed E-state index contributed by atoms with van der Waals surface area (Å²) in [6, 6.07) is 10.5. The summed E-state index contributed by atoms with van der Waals surface area (Å²) in [6.45, 7) is 0. The standard InChI is InChI=1S/C13H7BrCl2INO/c14-12-9(16)2-1-3-11(12)18-13(19)8-6-7(15)4-5-10(8)17/h1-6H,(H,18,19). The van der Waals surface area contributed by atoms with Crippen LogP contribution < -0.4 is 5.32 Å². The molecule has 98 valence electrons. The van der Waals surface area contributed by atoms with Crippen molar-refractivity contribution in [1.82, 2.24) is 0 Å². The van der Waals surface area contributed by atoms with E-state index in [0.717, 1.165) is 3.57 Å². The molecule has 2 aromatic rings. The van der Waals surface area contributed by atoms with Crippen molar-refractivity contribution in [2.24, 2.45) is 0 Å². The van der Waals surface area contributed by atoms with E-state index in [4.69, 9.17) is 23.2 Å². The Kier molecular flexibility index (Phi) is 5.11. The van der Waals surface area contributed by atoms with Crippen molar-refractivity contribution < 1.29 is 4.79 Å². The van der Waals surface area contributed by atoms with Gasteiger partial charge in [0, 0.05) is 8.59 Å². The zero-order chi connectivity index (χ0) is 14.0. The third kappa shape index (κ3) is 3.62. The molecule has 2 aromatic carbocycles. The Labute approximate surface area is 142 Å². The zero-order valence-electron chi connectivity index (χ0n) is 9.38. The van der Waals surface area contributed by atoms with Crippen LogP contribution in [0.5, 0.6) is 0 Å². The lowest BCUT2D eigenvalue weighted by molar-refractivity contribution is 0.102. The van der Waals surface area contributed by atoms with Crippen LogP contribution in [0.25, 0.3) is 0 Å². The predicted octanol–water partition coefficient (Wildman–Crippen LogP) is 5.61. The van der Waals surface area contributed by atoms with E-state index in [-0.39, 0.29) is 5.91 Å². The molecule has 1 N–H and O–H groups in total. The predicted molar refractivity (Wildman–Crippen MR) is 91.3 cm³/mol. The van der Waals surface area contributed by atoms with Gasteiger partial charge in [0.1, 0.15) is 0 Å². The summed E-state index contributed by atoms with van der Waals surface area (Å²) in [7, 11) is 0. The Morgan fingerprint density at radius 3 is 2.68 bits per heavy atom. The highest BCUT2D eigenvalue weighted by atomic mass is 127. The minimum absolute atomic E-state index is 0.227. The second kappa shape index (κ2) is 6.43. The fourth-order valence-electron chi connectivity index (χ4n) is 1.46. The molecule has 0 saturated heterocycles. The third-order valence-corrected chi connectivity index (χ3v) is 4.95. The first kappa shape index (κ1) is 15.1. The van der Waals surface area contributed by atoms with Crippen LogP contribution in [0.3, 0.4) is 0 Å². The topological polar surface area (TPSA) is 29.1 Å². The second-order valence-corrected chi connectivity index (χ2v) is 6.48. The number of anilines is 1. The Morgan fingerprint density at radius 2 is 1.95 bits per heavy atom. The van der Waals surface area contributed by atoms with Crippen molar-refractivity contribution >= 4 is 73.3 Å². The number of carbonyl (C=O) groups excluding carboxylic acids is 1. The highest BCUT2D eigenvalue weighted by molar-refractivity contribution is 14.1. The van der Waals surface area contributed by atoms with Crippen LogP contribution in [0.15, 0.2) is 40.9 Å². The molecule has 0 aliphatic heterocycles. The number of hydrogen-bond donors (Lipinski definition) is 1. The molecule has 0 radical (unpaired) electrons. The first-order valence-electron chi connectivity index (χ1n) is 5.19. The fraction of sp³-hybridized carbons (Fsp3) is 0. The average Bonchev–Trinajstić information content (AvgIpc) is 2.38. The molecule has 1 amide bonds. The summed E-state index contributed by atoms with van der Waals surface area (Å²) < 4.78 is 1.49. The molecule has 0 atom stereocenters. The zero-order valence-corrected chi connectivity index (χ0v) is 14.6. The lowest BCUT2D eigenvalue weighted by Crippen LogP contribution is -2.13. The minimum atomic E-state index is -0.227. The van der Waals surface area contributed by atoms with Crippen molar-refractivity contribution in [2.45, 2.75) is 0 Å². The van der Waals surface area contributed by atoms with Gasteiger partial charge < -0.3 is 5.32 Å². The first-order chi connectivity index (χ1) is 8.99. The van der Waals surface area contributed by atoms with Crippen LogP contribution in [0, 0.1) is 3.57 Å². The SMILES string of the molecule is O=C(Nc1cccc(Cl)c1Br)c1cc(Cl)ccc1I. The monoisotopic (exact) mass is 469 g/mol. The maximum absolute atomic E-state index is 12.2. The maximum Gasteiger partial charge on any atom is 0.256 e. The van der Waals surface area contributed by atoms with E-state index in [0.29, 0.717) is 25.8 Å². The lowest BCUT2D eigenvalue weighted by atomic mass is 10.2. The Balaban J connectivity index is 2.31. The largest absolute Gasteiger partial charge is 0.321 e. The third-order valence-electron chi connectivity index (χ3n) is 2.37. The lowest BCUT2D eigenvalue weighted by Gasteiger charge is -2.09. The molecule has 2 rings (SSSR count). The maximum atomic E-state index is 12.2. The summed E-state index contributed by atoms with van der Waals surface area (Å²) in [5.41, 5.74) is 1.15. The molecule has 0 heterocycles. The number of nitrogens with one attached hydrogen (secondary N) is 1. The number of rotatable bonds is 2. The van der Waals surface area contributed by atoms with Crippen LogP contribution in [0.2, 0.25) is 10.0 Å². The van der Waals surface area contributed by atoms with Crippen molar-refractivity contribution in [3.05, 3.63) is 60.0 Å².